The lowest BCUT2D eigenvalue weighted by molar-refractivity contribution is 0.0787. The highest BCUT2D eigenvalue weighted by atomic mass is 32.2. The summed E-state index contributed by atoms with van der Waals surface area (Å²) in [6.07, 6.45) is 3.87. The van der Waals surface area contributed by atoms with Gasteiger partial charge in [-0.25, -0.2) is 4.98 Å². The second-order valence-corrected chi connectivity index (χ2v) is 8.11. The fourth-order valence-electron chi connectivity index (χ4n) is 3.18. The molecule has 6 nitrogen and oxygen atoms in total. The van der Waals surface area contributed by atoms with E-state index in [-0.39, 0.29) is 5.91 Å². The number of rotatable bonds is 4. The number of hydrogen-bond acceptors (Lipinski definition) is 6. The molecule has 3 heterocycles. The van der Waals surface area contributed by atoms with E-state index in [0.717, 1.165) is 52.4 Å². The monoisotopic (exact) mass is 413 g/mol. The van der Waals surface area contributed by atoms with Gasteiger partial charge in [-0.1, -0.05) is 19.9 Å². The number of thiazole rings is 1. The zero-order valence-corrected chi connectivity index (χ0v) is 17.8. The molecule has 0 atom stereocenters. The molecule has 0 aliphatic carbocycles. The van der Waals surface area contributed by atoms with Crippen LogP contribution in [0.1, 0.15) is 48.3 Å². The molecule has 4 rings (SSSR count). The van der Waals surface area contributed by atoms with Crippen LogP contribution in [0.2, 0.25) is 0 Å². The number of aromatic amines is 1. The Bertz CT molecular complexity index is 1010. The van der Waals surface area contributed by atoms with Gasteiger partial charge in [0.1, 0.15) is 11.8 Å². The number of carbonyl (C=O) groups excluding carboxylic acids is 1. The van der Waals surface area contributed by atoms with Crippen LogP contribution in [-0.2, 0) is 0 Å². The second-order valence-electron chi connectivity index (χ2n) is 6.20. The van der Waals surface area contributed by atoms with Crippen molar-refractivity contribution in [3.05, 3.63) is 40.5 Å². The van der Waals surface area contributed by atoms with E-state index in [9.17, 15) is 10.1 Å². The Balaban J connectivity index is 0.00000109. The summed E-state index contributed by atoms with van der Waals surface area (Å²) in [6, 6.07) is 6.18. The van der Waals surface area contributed by atoms with E-state index in [2.05, 4.69) is 20.8 Å². The third kappa shape index (κ3) is 4.01. The Morgan fingerprint density at radius 3 is 2.82 bits per heavy atom. The molecule has 1 aromatic carbocycles. The number of amides is 1. The van der Waals surface area contributed by atoms with Gasteiger partial charge in [-0.3, -0.25) is 4.79 Å². The standard InChI is InChI=1S/C18H17N5OS2.C2H6/c1-11-4-5-13(16-15(11)12(8-19)9-20-16)22-26-18-21-14(10-25-18)17(24)23-6-2-3-7-23;1-2/h4-5,9-10,20,22H,2-3,6-7H2,1H3;1-2H3. The highest BCUT2D eigenvalue weighted by Crippen LogP contribution is 2.32. The number of nitriles is 1. The summed E-state index contributed by atoms with van der Waals surface area (Å²) in [5.74, 6) is 0.0198. The van der Waals surface area contributed by atoms with E-state index in [1.54, 1.807) is 6.20 Å². The number of likely N-dealkylation sites (tertiary alicyclic amines) is 1. The summed E-state index contributed by atoms with van der Waals surface area (Å²) in [5, 5.41) is 12.0. The molecule has 1 amide bonds. The number of anilines is 1. The van der Waals surface area contributed by atoms with Crippen molar-refractivity contribution in [3.63, 3.8) is 0 Å². The van der Waals surface area contributed by atoms with Gasteiger partial charge in [0.25, 0.3) is 5.91 Å². The minimum atomic E-state index is 0.0198. The van der Waals surface area contributed by atoms with Crippen molar-refractivity contribution in [1.29, 1.82) is 5.26 Å². The molecule has 8 heteroatoms. The lowest BCUT2D eigenvalue weighted by Crippen LogP contribution is -2.27. The van der Waals surface area contributed by atoms with Crippen LogP contribution in [0.4, 0.5) is 5.69 Å². The first kappa shape index (κ1) is 20.2. The summed E-state index contributed by atoms with van der Waals surface area (Å²) in [6.45, 7) is 7.64. The molecule has 1 aliphatic heterocycles. The lowest BCUT2D eigenvalue weighted by Gasteiger charge is -2.12. The molecule has 146 valence electrons. The van der Waals surface area contributed by atoms with E-state index >= 15 is 0 Å². The van der Waals surface area contributed by atoms with E-state index in [1.165, 1.54) is 23.3 Å². The van der Waals surface area contributed by atoms with Gasteiger partial charge in [0.15, 0.2) is 4.34 Å². The first-order valence-electron chi connectivity index (χ1n) is 9.36. The number of hydrogen-bond donors (Lipinski definition) is 2. The Hall–Kier alpha value is -2.50. The number of carbonyl (C=O) groups is 1. The molecule has 0 saturated carbocycles. The largest absolute Gasteiger partial charge is 0.358 e. The third-order valence-corrected chi connectivity index (χ3v) is 6.27. The highest BCUT2D eigenvalue weighted by Gasteiger charge is 2.22. The van der Waals surface area contributed by atoms with E-state index < -0.39 is 0 Å². The van der Waals surface area contributed by atoms with Crippen LogP contribution in [-0.4, -0.2) is 33.9 Å². The molecular formula is C20H23N5OS2. The summed E-state index contributed by atoms with van der Waals surface area (Å²) in [7, 11) is 0. The summed E-state index contributed by atoms with van der Waals surface area (Å²) in [5.41, 5.74) is 4.00. The van der Waals surface area contributed by atoms with Crippen LogP contribution in [0.15, 0.2) is 28.0 Å². The second kappa shape index (κ2) is 9.13. The van der Waals surface area contributed by atoms with Crippen molar-refractivity contribution in [3.8, 4) is 6.07 Å². The number of nitrogens with zero attached hydrogens (tertiary/aromatic N) is 3. The molecule has 2 aromatic heterocycles. The molecule has 0 unspecified atom stereocenters. The number of H-pyrrole nitrogens is 1. The van der Waals surface area contributed by atoms with Gasteiger partial charge in [-0.15, -0.1) is 11.3 Å². The van der Waals surface area contributed by atoms with Crippen molar-refractivity contribution in [2.24, 2.45) is 0 Å². The van der Waals surface area contributed by atoms with Crippen molar-refractivity contribution in [2.75, 3.05) is 17.8 Å². The van der Waals surface area contributed by atoms with Gasteiger partial charge in [0.2, 0.25) is 0 Å². The van der Waals surface area contributed by atoms with Crippen molar-refractivity contribution in [2.45, 2.75) is 38.0 Å². The first-order chi connectivity index (χ1) is 13.7. The number of aromatic nitrogens is 2. The fourth-order valence-corrected chi connectivity index (χ4v) is 4.67. The Morgan fingerprint density at radius 2 is 2.11 bits per heavy atom. The van der Waals surface area contributed by atoms with Crippen molar-refractivity contribution < 1.29 is 4.79 Å². The minimum Gasteiger partial charge on any atom is -0.358 e. The van der Waals surface area contributed by atoms with E-state index in [0.29, 0.717) is 11.3 Å². The van der Waals surface area contributed by atoms with Crippen LogP contribution in [0.25, 0.3) is 10.9 Å². The average molecular weight is 414 g/mol. The smallest absolute Gasteiger partial charge is 0.273 e. The van der Waals surface area contributed by atoms with Gasteiger partial charge in [-0.2, -0.15) is 5.26 Å². The normalized spacial score (nSPS) is 13.1. The molecule has 0 radical (unpaired) electrons. The SMILES string of the molecule is CC.Cc1ccc(NSc2nc(C(=O)N3CCCC3)cs2)c2[nH]cc(C#N)c12. The topological polar surface area (TPSA) is 84.8 Å². The van der Waals surface area contributed by atoms with E-state index in [1.807, 2.05) is 43.2 Å². The van der Waals surface area contributed by atoms with Gasteiger partial charge in [-0.05, 0) is 31.4 Å². The van der Waals surface area contributed by atoms with Crippen molar-refractivity contribution in [1.82, 2.24) is 14.9 Å². The third-order valence-electron chi connectivity index (χ3n) is 4.51. The van der Waals surface area contributed by atoms with Crippen LogP contribution in [0.5, 0.6) is 0 Å². The predicted octanol–water partition coefficient (Wildman–Crippen LogP) is 5.19. The van der Waals surface area contributed by atoms with Gasteiger partial charge in [0.05, 0.1) is 16.8 Å². The molecule has 2 N–H and O–H groups in total. The summed E-state index contributed by atoms with van der Waals surface area (Å²) >= 11 is 2.83. The van der Waals surface area contributed by atoms with Crippen LogP contribution in [0.3, 0.4) is 0 Å². The molecule has 1 fully saturated rings. The van der Waals surface area contributed by atoms with Gasteiger partial charge < -0.3 is 14.6 Å². The van der Waals surface area contributed by atoms with Crippen molar-refractivity contribution >= 4 is 45.8 Å². The quantitative estimate of drug-likeness (QED) is 0.575. The number of nitrogens with one attached hydrogen (secondary N) is 2. The van der Waals surface area contributed by atoms with Gasteiger partial charge in [0, 0.05) is 42.0 Å². The van der Waals surface area contributed by atoms with Crippen LogP contribution >= 0.6 is 23.3 Å². The maximum absolute atomic E-state index is 12.4. The Morgan fingerprint density at radius 1 is 1.36 bits per heavy atom. The predicted molar refractivity (Wildman–Crippen MR) is 116 cm³/mol. The van der Waals surface area contributed by atoms with E-state index in [4.69, 9.17) is 0 Å². The summed E-state index contributed by atoms with van der Waals surface area (Å²) < 4.78 is 4.07. The number of aryl methyl sites for hydroxylation is 1. The Labute approximate surface area is 173 Å². The molecule has 0 spiro atoms. The maximum Gasteiger partial charge on any atom is 0.273 e. The molecule has 1 aliphatic rings. The molecule has 0 bridgehead atoms. The minimum absolute atomic E-state index is 0.0198. The Kier molecular flexibility index (Phi) is 6.60. The average Bonchev–Trinajstić information content (AvgIpc) is 3.49. The lowest BCUT2D eigenvalue weighted by atomic mass is 10.1. The van der Waals surface area contributed by atoms with Gasteiger partial charge >= 0.3 is 0 Å². The number of benzene rings is 1. The zero-order valence-electron chi connectivity index (χ0n) is 16.2. The molecular weight excluding hydrogens is 390 g/mol. The molecule has 1 saturated heterocycles. The first-order valence-corrected chi connectivity index (χ1v) is 11.1. The van der Waals surface area contributed by atoms with Crippen LogP contribution in [0, 0.1) is 18.3 Å². The van der Waals surface area contributed by atoms with Crippen LogP contribution < -0.4 is 4.72 Å². The zero-order chi connectivity index (χ0) is 20.1. The fraction of sp³-hybridized carbons (Fsp3) is 0.350. The summed E-state index contributed by atoms with van der Waals surface area (Å²) in [4.78, 5) is 21.9. The molecule has 28 heavy (non-hydrogen) atoms. The molecule has 3 aromatic rings. The number of fused-ring (bicyclic) bond motifs is 1. The maximum atomic E-state index is 12.4. The highest BCUT2D eigenvalue weighted by molar-refractivity contribution is 8.02.